The molecule has 3 heterocycles. The average Bonchev–Trinajstić information content (AvgIpc) is 3.53. The van der Waals surface area contributed by atoms with Crippen molar-refractivity contribution in [1.29, 1.82) is 0 Å². The molecule has 0 bridgehead atoms. The fourth-order valence-electron chi connectivity index (χ4n) is 3.89. The van der Waals surface area contributed by atoms with Crippen molar-refractivity contribution in [3.05, 3.63) is 64.7 Å². The molecule has 4 rings (SSSR count). The summed E-state index contributed by atoms with van der Waals surface area (Å²) in [7, 11) is 3.34. The van der Waals surface area contributed by atoms with Gasteiger partial charge in [0.15, 0.2) is 5.78 Å². The van der Waals surface area contributed by atoms with E-state index in [9.17, 15) is 9.59 Å². The van der Waals surface area contributed by atoms with Crippen molar-refractivity contribution in [3.8, 4) is 17.0 Å². The first-order valence-corrected chi connectivity index (χ1v) is 10.9. The first-order chi connectivity index (χ1) is 16.0. The highest BCUT2D eigenvalue weighted by Gasteiger charge is 2.16. The monoisotopic (exact) mass is 449 g/mol. The third kappa shape index (κ3) is 4.88. The number of rotatable bonds is 10. The molecule has 3 aromatic heterocycles. The van der Waals surface area contributed by atoms with Gasteiger partial charge >= 0.3 is 0 Å². The molecule has 172 valence electrons. The maximum atomic E-state index is 11.9. The zero-order valence-electron chi connectivity index (χ0n) is 18.7. The minimum Gasteiger partial charge on any atom is -0.496 e. The number of benzene rings is 1. The predicted molar refractivity (Wildman–Crippen MR) is 124 cm³/mol. The smallest absolute Gasteiger partial charge is 0.250 e. The number of nitrogens with one attached hydrogen (secondary N) is 1. The number of aromatic nitrogens is 4. The topological polar surface area (TPSA) is 129 Å². The second-order valence-corrected chi connectivity index (χ2v) is 8.04. The Morgan fingerprint density at radius 2 is 2.09 bits per heavy atom. The Morgan fingerprint density at radius 1 is 1.24 bits per heavy atom. The van der Waals surface area contributed by atoms with Crippen LogP contribution in [0.2, 0.25) is 0 Å². The summed E-state index contributed by atoms with van der Waals surface area (Å²) in [5.74, 6) is 1.34. The lowest BCUT2D eigenvalue weighted by atomic mass is 10.0. The molecule has 9 heteroatoms. The van der Waals surface area contributed by atoms with Crippen LogP contribution < -0.4 is 16.0 Å². The van der Waals surface area contributed by atoms with Gasteiger partial charge in [0.05, 0.1) is 30.6 Å². The SMILES string of the molecule is COc1cc2c(ccc(=O)n2C)cc1-c1cnc([C@@H](N)CCCCCC(=O)c2ccon2)[nH]1. The van der Waals surface area contributed by atoms with Crippen molar-refractivity contribution in [2.45, 2.75) is 38.1 Å². The number of H-pyrrole nitrogens is 1. The lowest BCUT2D eigenvalue weighted by molar-refractivity contribution is 0.0970. The van der Waals surface area contributed by atoms with Crippen molar-refractivity contribution in [3.63, 3.8) is 0 Å². The molecule has 1 atom stereocenters. The zero-order valence-corrected chi connectivity index (χ0v) is 18.7. The fraction of sp³-hybridized carbons (Fsp3) is 0.333. The van der Waals surface area contributed by atoms with Gasteiger partial charge in [-0.2, -0.15) is 0 Å². The number of ether oxygens (including phenoxy) is 1. The van der Waals surface area contributed by atoms with Gasteiger partial charge in [-0.15, -0.1) is 0 Å². The number of nitrogens with zero attached hydrogens (tertiary/aromatic N) is 3. The second kappa shape index (κ2) is 9.83. The number of hydrogen-bond acceptors (Lipinski definition) is 7. The molecular formula is C24H27N5O4. The summed E-state index contributed by atoms with van der Waals surface area (Å²) < 4.78 is 11.9. The van der Waals surface area contributed by atoms with Crippen LogP contribution in [0, 0.1) is 0 Å². The molecule has 4 aromatic rings. The highest BCUT2D eigenvalue weighted by atomic mass is 16.5. The second-order valence-electron chi connectivity index (χ2n) is 8.04. The number of carbonyl (C=O) groups is 1. The molecule has 0 spiro atoms. The Bertz CT molecular complexity index is 1310. The van der Waals surface area contributed by atoms with Crippen LogP contribution in [0.25, 0.3) is 22.2 Å². The number of carbonyl (C=O) groups excluding carboxylic acids is 1. The number of aryl methyl sites for hydroxylation is 1. The summed E-state index contributed by atoms with van der Waals surface area (Å²) in [6, 6.07) is 8.52. The van der Waals surface area contributed by atoms with Crippen LogP contribution in [0.5, 0.6) is 5.75 Å². The highest BCUT2D eigenvalue weighted by Crippen LogP contribution is 2.33. The van der Waals surface area contributed by atoms with Gasteiger partial charge in [0.1, 0.15) is 23.5 Å². The number of Topliss-reactive ketones (excluding diaryl/α,β-unsaturated/α-hetero) is 1. The van der Waals surface area contributed by atoms with Crippen molar-refractivity contribution < 1.29 is 14.1 Å². The third-order valence-electron chi connectivity index (χ3n) is 5.83. The largest absolute Gasteiger partial charge is 0.496 e. The van der Waals surface area contributed by atoms with Crippen molar-refractivity contribution in [1.82, 2.24) is 19.7 Å². The molecule has 0 saturated carbocycles. The summed E-state index contributed by atoms with van der Waals surface area (Å²) >= 11 is 0. The van der Waals surface area contributed by atoms with Crippen molar-refractivity contribution in [2.75, 3.05) is 7.11 Å². The number of fused-ring (bicyclic) bond motifs is 1. The molecule has 0 fully saturated rings. The summed E-state index contributed by atoms with van der Waals surface area (Å²) in [5.41, 5.74) is 9.09. The van der Waals surface area contributed by atoms with Gasteiger partial charge in [-0.3, -0.25) is 9.59 Å². The van der Waals surface area contributed by atoms with Gasteiger partial charge in [-0.1, -0.05) is 18.0 Å². The lowest BCUT2D eigenvalue weighted by Crippen LogP contribution is -2.15. The van der Waals surface area contributed by atoms with E-state index in [0.29, 0.717) is 23.7 Å². The van der Waals surface area contributed by atoms with Gasteiger partial charge in [-0.05, 0) is 30.4 Å². The normalized spacial score (nSPS) is 12.2. The Hall–Kier alpha value is -3.72. The Kier molecular flexibility index (Phi) is 6.69. The lowest BCUT2D eigenvalue weighted by Gasteiger charge is -2.12. The zero-order chi connectivity index (χ0) is 23.4. The number of ketones is 1. The first kappa shape index (κ1) is 22.5. The summed E-state index contributed by atoms with van der Waals surface area (Å²) in [6.07, 6.45) is 6.90. The van der Waals surface area contributed by atoms with Gasteiger partial charge in [-0.25, -0.2) is 4.98 Å². The Balaban J connectivity index is 1.39. The molecule has 0 saturated heterocycles. The van der Waals surface area contributed by atoms with Crippen molar-refractivity contribution >= 4 is 16.7 Å². The molecule has 0 radical (unpaired) electrons. The van der Waals surface area contributed by atoms with E-state index >= 15 is 0 Å². The van der Waals surface area contributed by atoms with E-state index in [2.05, 4.69) is 15.1 Å². The number of pyridine rings is 1. The van der Waals surface area contributed by atoms with Crippen LogP contribution in [-0.4, -0.2) is 32.6 Å². The molecular weight excluding hydrogens is 422 g/mol. The minimum absolute atomic E-state index is 0.00636. The van der Waals surface area contributed by atoms with E-state index in [1.165, 1.54) is 6.26 Å². The predicted octanol–water partition coefficient (Wildman–Crippen LogP) is 3.76. The number of methoxy groups -OCH3 is 1. The summed E-state index contributed by atoms with van der Waals surface area (Å²) in [4.78, 5) is 31.7. The number of imidazole rings is 1. The van der Waals surface area contributed by atoms with Crippen LogP contribution in [0.15, 0.2) is 52.1 Å². The summed E-state index contributed by atoms with van der Waals surface area (Å²) in [5, 5.41) is 4.59. The Morgan fingerprint density at radius 3 is 2.85 bits per heavy atom. The molecule has 0 amide bonds. The molecule has 0 aliphatic heterocycles. The van der Waals surface area contributed by atoms with E-state index in [4.69, 9.17) is 15.0 Å². The number of nitrogens with two attached hydrogens (primary N) is 1. The minimum atomic E-state index is -0.239. The molecule has 33 heavy (non-hydrogen) atoms. The quantitative estimate of drug-likeness (QED) is 0.278. The van der Waals surface area contributed by atoms with Crippen LogP contribution >= 0.6 is 0 Å². The van der Waals surface area contributed by atoms with E-state index in [1.54, 1.807) is 43.1 Å². The molecule has 0 aliphatic carbocycles. The average molecular weight is 450 g/mol. The molecule has 1 aromatic carbocycles. The standard InChI is InChI=1S/C24H27N5O4/c1-29-20-13-22(32-2)16(12-15(20)8-9-23(29)31)19-14-26-24(27-19)17(25)6-4-3-5-7-21(30)18-10-11-33-28-18/h8-14,17H,3-7,25H2,1-2H3,(H,26,27)/t17-/m0/s1. The highest BCUT2D eigenvalue weighted by molar-refractivity contribution is 5.93. The molecule has 9 nitrogen and oxygen atoms in total. The van der Waals surface area contributed by atoms with Crippen LogP contribution in [0.4, 0.5) is 0 Å². The van der Waals surface area contributed by atoms with Crippen LogP contribution in [0.1, 0.15) is 54.5 Å². The summed E-state index contributed by atoms with van der Waals surface area (Å²) in [6.45, 7) is 0. The molecule has 0 unspecified atom stereocenters. The number of unbranched alkanes of at least 4 members (excludes halogenated alkanes) is 2. The van der Waals surface area contributed by atoms with Gasteiger partial charge < -0.3 is 24.5 Å². The van der Waals surface area contributed by atoms with Gasteiger partial charge in [0.2, 0.25) is 0 Å². The van der Waals surface area contributed by atoms with E-state index in [1.807, 2.05) is 12.1 Å². The maximum Gasteiger partial charge on any atom is 0.250 e. The van der Waals surface area contributed by atoms with E-state index < -0.39 is 0 Å². The van der Waals surface area contributed by atoms with E-state index in [0.717, 1.165) is 47.8 Å². The van der Waals surface area contributed by atoms with E-state index in [-0.39, 0.29) is 17.4 Å². The fourth-order valence-corrected chi connectivity index (χ4v) is 3.89. The number of aromatic amines is 1. The third-order valence-corrected chi connectivity index (χ3v) is 5.83. The van der Waals surface area contributed by atoms with Gasteiger partial charge in [0.25, 0.3) is 5.56 Å². The number of hydrogen-bond donors (Lipinski definition) is 2. The molecule has 0 aliphatic rings. The van der Waals surface area contributed by atoms with Gasteiger partial charge in [0, 0.05) is 37.2 Å². The first-order valence-electron chi connectivity index (χ1n) is 10.9. The van der Waals surface area contributed by atoms with Crippen molar-refractivity contribution in [2.24, 2.45) is 12.8 Å². The maximum absolute atomic E-state index is 11.9. The van der Waals surface area contributed by atoms with Crippen LogP contribution in [0.3, 0.4) is 0 Å². The van der Waals surface area contributed by atoms with Crippen LogP contribution in [-0.2, 0) is 7.05 Å². The molecule has 3 N–H and O–H groups in total. The Labute approximate surface area is 190 Å².